The number of nitrogens with zero attached hydrogens (tertiary/aromatic N) is 4. The lowest BCUT2D eigenvalue weighted by Gasteiger charge is -2.36. The number of fused-ring (bicyclic) bond motifs is 1. The van der Waals surface area contributed by atoms with Crippen molar-refractivity contribution >= 4 is 5.91 Å². The van der Waals surface area contributed by atoms with Crippen molar-refractivity contribution in [2.45, 2.75) is 38.4 Å². The summed E-state index contributed by atoms with van der Waals surface area (Å²) in [5, 5.41) is 12.2. The number of benzene rings is 3. The van der Waals surface area contributed by atoms with E-state index in [4.69, 9.17) is 5.26 Å². The predicted octanol–water partition coefficient (Wildman–Crippen LogP) is 4.13. The van der Waals surface area contributed by atoms with Crippen molar-refractivity contribution in [3.8, 4) is 6.07 Å². The molecule has 1 unspecified atom stereocenters. The fourth-order valence-electron chi connectivity index (χ4n) is 5.00. The third kappa shape index (κ3) is 6.14. The lowest BCUT2D eigenvalue weighted by molar-refractivity contribution is -0.127. The SMILES string of the molecule is N#Cc1ccc(Cn2cncc2CCNC(=O)C2Cc3ccccc3CN2CCc2ccccc2)cc1. The van der Waals surface area contributed by atoms with Gasteiger partial charge in [0.2, 0.25) is 5.91 Å². The zero-order valence-electron chi connectivity index (χ0n) is 20.9. The van der Waals surface area contributed by atoms with Crippen LogP contribution in [0.15, 0.2) is 91.4 Å². The molecule has 2 heterocycles. The summed E-state index contributed by atoms with van der Waals surface area (Å²) in [5.41, 5.74) is 6.69. The Morgan fingerprint density at radius 2 is 1.70 bits per heavy atom. The minimum absolute atomic E-state index is 0.0840. The number of amides is 1. The lowest BCUT2D eigenvalue weighted by Crippen LogP contribution is -2.51. The zero-order valence-corrected chi connectivity index (χ0v) is 20.9. The van der Waals surface area contributed by atoms with E-state index in [1.165, 1.54) is 16.7 Å². The normalized spacial score (nSPS) is 15.1. The number of hydrogen-bond acceptors (Lipinski definition) is 4. The Kier molecular flexibility index (Phi) is 7.73. The molecule has 0 fully saturated rings. The van der Waals surface area contributed by atoms with Crippen LogP contribution in [-0.2, 0) is 37.1 Å². The quantitative estimate of drug-likeness (QED) is 0.384. The topological polar surface area (TPSA) is 74.0 Å². The predicted molar refractivity (Wildman–Crippen MR) is 144 cm³/mol. The summed E-state index contributed by atoms with van der Waals surface area (Å²) < 4.78 is 2.09. The van der Waals surface area contributed by atoms with Gasteiger partial charge in [0.05, 0.1) is 24.0 Å². The molecule has 3 aromatic carbocycles. The first-order chi connectivity index (χ1) is 18.2. The second kappa shape index (κ2) is 11.7. The van der Waals surface area contributed by atoms with Crippen LogP contribution < -0.4 is 5.32 Å². The number of aromatic nitrogens is 2. The largest absolute Gasteiger partial charge is 0.354 e. The molecule has 0 saturated carbocycles. The number of hydrogen-bond donors (Lipinski definition) is 1. The number of imidazole rings is 1. The Balaban J connectivity index is 1.20. The lowest BCUT2D eigenvalue weighted by atomic mass is 9.93. The van der Waals surface area contributed by atoms with Crippen LogP contribution in [0.4, 0.5) is 0 Å². The molecule has 1 atom stereocenters. The molecule has 0 spiro atoms. The average molecular weight is 490 g/mol. The van der Waals surface area contributed by atoms with E-state index in [1.807, 2.05) is 42.9 Å². The average Bonchev–Trinajstić information content (AvgIpc) is 3.38. The van der Waals surface area contributed by atoms with Gasteiger partial charge in [0.15, 0.2) is 0 Å². The Morgan fingerprint density at radius 3 is 2.49 bits per heavy atom. The first-order valence-corrected chi connectivity index (χ1v) is 12.8. The van der Waals surface area contributed by atoms with Gasteiger partial charge in [0.1, 0.15) is 0 Å². The van der Waals surface area contributed by atoms with E-state index < -0.39 is 0 Å². The van der Waals surface area contributed by atoms with Gasteiger partial charge in [0.25, 0.3) is 0 Å². The van der Waals surface area contributed by atoms with Gasteiger partial charge in [-0.05, 0) is 47.2 Å². The minimum atomic E-state index is -0.179. The maximum atomic E-state index is 13.4. The van der Waals surface area contributed by atoms with Crippen molar-refractivity contribution < 1.29 is 4.79 Å². The van der Waals surface area contributed by atoms with Crippen molar-refractivity contribution in [3.63, 3.8) is 0 Å². The highest BCUT2D eigenvalue weighted by atomic mass is 16.2. The highest BCUT2D eigenvalue weighted by molar-refractivity contribution is 5.82. The van der Waals surface area contributed by atoms with Crippen molar-refractivity contribution in [3.05, 3.63) is 125 Å². The van der Waals surface area contributed by atoms with E-state index in [9.17, 15) is 4.79 Å². The number of rotatable bonds is 9. The van der Waals surface area contributed by atoms with Crippen LogP contribution in [0.1, 0.15) is 33.5 Å². The van der Waals surface area contributed by atoms with Crippen LogP contribution >= 0.6 is 0 Å². The minimum Gasteiger partial charge on any atom is -0.354 e. The van der Waals surface area contributed by atoms with Gasteiger partial charge in [-0.25, -0.2) is 4.98 Å². The van der Waals surface area contributed by atoms with Crippen molar-refractivity contribution in [1.29, 1.82) is 5.26 Å². The molecule has 1 aliphatic rings. The van der Waals surface area contributed by atoms with E-state index in [2.05, 4.69) is 74.4 Å². The number of nitriles is 1. The Hall–Kier alpha value is -4.21. The highest BCUT2D eigenvalue weighted by Crippen LogP contribution is 2.24. The second-order valence-electron chi connectivity index (χ2n) is 9.56. The van der Waals surface area contributed by atoms with Crippen LogP contribution in [0.2, 0.25) is 0 Å². The van der Waals surface area contributed by atoms with E-state index in [0.29, 0.717) is 25.1 Å². The van der Waals surface area contributed by atoms with Gasteiger partial charge in [0, 0.05) is 44.5 Å². The summed E-state index contributed by atoms with van der Waals surface area (Å²) in [6, 6.07) is 28.5. The second-order valence-corrected chi connectivity index (χ2v) is 9.56. The van der Waals surface area contributed by atoms with E-state index >= 15 is 0 Å². The van der Waals surface area contributed by atoms with Crippen LogP contribution in [0.5, 0.6) is 0 Å². The molecule has 6 heteroatoms. The summed E-state index contributed by atoms with van der Waals surface area (Å²) in [4.78, 5) is 20.0. The molecular weight excluding hydrogens is 458 g/mol. The van der Waals surface area contributed by atoms with E-state index in [-0.39, 0.29) is 11.9 Å². The van der Waals surface area contributed by atoms with Crippen LogP contribution in [0, 0.1) is 11.3 Å². The smallest absolute Gasteiger partial charge is 0.237 e. The highest BCUT2D eigenvalue weighted by Gasteiger charge is 2.31. The standard InChI is InChI=1S/C31H31N5O/c32-19-25-10-12-26(13-11-25)21-36-23-33-20-29(36)14-16-34-31(37)30-18-27-8-4-5-9-28(27)22-35(30)17-15-24-6-2-1-3-7-24/h1-13,20,23,30H,14-18,21-22H2,(H,34,37). The molecule has 1 aliphatic heterocycles. The van der Waals surface area contributed by atoms with Crippen LogP contribution in [0.3, 0.4) is 0 Å². The number of carbonyl (C=O) groups is 1. The molecule has 0 aliphatic carbocycles. The molecular formula is C31H31N5O. The van der Waals surface area contributed by atoms with Crippen molar-refractivity contribution in [2.24, 2.45) is 0 Å². The van der Waals surface area contributed by atoms with Crippen molar-refractivity contribution in [2.75, 3.05) is 13.1 Å². The van der Waals surface area contributed by atoms with E-state index in [0.717, 1.165) is 37.2 Å². The maximum absolute atomic E-state index is 13.4. The maximum Gasteiger partial charge on any atom is 0.237 e. The fraction of sp³-hybridized carbons (Fsp3) is 0.258. The summed E-state index contributed by atoms with van der Waals surface area (Å²) in [5.74, 6) is 0.0840. The fourth-order valence-corrected chi connectivity index (χ4v) is 5.00. The Labute approximate surface area is 218 Å². The van der Waals surface area contributed by atoms with Gasteiger partial charge >= 0.3 is 0 Å². The first kappa shape index (κ1) is 24.5. The number of carbonyl (C=O) groups excluding carboxylic acids is 1. The van der Waals surface area contributed by atoms with Crippen LogP contribution in [-0.4, -0.2) is 39.5 Å². The molecule has 0 bridgehead atoms. The summed E-state index contributed by atoms with van der Waals surface area (Å²) in [6.07, 6.45) is 6.03. The monoisotopic (exact) mass is 489 g/mol. The first-order valence-electron chi connectivity index (χ1n) is 12.8. The molecule has 37 heavy (non-hydrogen) atoms. The molecule has 4 aromatic rings. The van der Waals surface area contributed by atoms with Crippen LogP contribution in [0.25, 0.3) is 0 Å². The number of nitrogens with one attached hydrogen (secondary N) is 1. The zero-order chi connectivity index (χ0) is 25.5. The molecule has 6 nitrogen and oxygen atoms in total. The molecule has 1 N–H and O–H groups in total. The molecule has 5 rings (SSSR count). The summed E-state index contributed by atoms with van der Waals surface area (Å²) in [7, 11) is 0. The van der Waals surface area contributed by atoms with Gasteiger partial charge in [-0.2, -0.15) is 5.26 Å². The molecule has 1 aromatic heterocycles. The molecule has 0 saturated heterocycles. The molecule has 186 valence electrons. The Bertz CT molecular complexity index is 1370. The summed E-state index contributed by atoms with van der Waals surface area (Å²) >= 11 is 0. The molecule has 0 radical (unpaired) electrons. The Morgan fingerprint density at radius 1 is 0.946 bits per heavy atom. The van der Waals surface area contributed by atoms with Gasteiger partial charge in [-0.3, -0.25) is 9.69 Å². The third-order valence-corrected chi connectivity index (χ3v) is 7.09. The van der Waals surface area contributed by atoms with Gasteiger partial charge in [-0.15, -0.1) is 0 Å². The summed E-state index contributed by atoms with van der Waals surface area (Å²) in [6.45, 7) is 2.87. The molecule has 1 amide bonds. The van der Waals surface area contributed by atoms with Gasteiger partial charge < -0.3 is 9.88 Å². The van der Waals surface area contributed by atoms with Gasteiger partial charge in [-0.1, -0.05) is 66.7 Å². The van der Waals surface area contributed by atoms with E-state index in [1.54, 1.807) is 0 Å². The third-order valence-electron chi connectivity index (χ3n) is 7.09. The van der Waals surface area contributed by atoms with Crippen molar-refractivity contribution in [1.82, 2.24) is 19.8 Å².